The lowest BCUT2D eigenvalue weighted by atomic mass is 10.6. The lowest BCUT2D eigenvalue weighted by molar-refractivity contribution is 0.152. The molecule has 102 valence electrons. The lowest BCUT2D eigenvalue weighted by Crippen LogP contribution is -2.39. The van der Waals surface area contributed by atoms with Crippen LogP contribution in [0.4, 0.5) is 0 Å². The van der Waals surface area contributed by atoms with Crippen LogP contribution in [0, 0.1) is 6.92 Å². The van der Waals surface area contributed by atoms with Crippen LogP contribution in [0.25, 0.3) is 0 Å². The van der Waals surface area contributed by atoms with Crippen molar-refractivity contribution >= 4 is 5.96 Å². The molecular formula is C11H21N5O2. The Hall–Kier alpha value is -1.63. The standard InChI is InChI=1S/C11H21N5O2/c1-4-12-11(13-6-7-17-5-2)14-8-10-15-9(3)18-16-10/h4-8H2,1-3H3,(H2,12,13,14). The number of guanidine groups is 1. The second-order valence-electron chi connectivity index (χ2n) is 3.55. The van der Waals surface area contributed by atoms with Gasteiger partial charge in [-0.1, -0.05) is 5.16 Å². The highest BCUT2D eigenvalue weighted by molar-refractivity contribution is 5.79. The fourth-order valence-electron chi connectivity index (χ4n) is 1.28. The van der Waals surface area contributed by atoms with E-state index < -0.39 is 0 Å². The second-order valence-corrected chi connectivity index (χ2v) is 3.55. The third-order valence-corrected chi connectivity index (χ3v) is 2.04. The molecule has 0 aromatic carbocycles. The van der Waals surface area contributed by atoms with E-state index in [1.165, 1.54) is 0 Å². The smallest absolute Gasteiger partial charge is 0.223 e. The summed E-state index contributed by atoms with van der Waals surface area (Å²) in [6.07, 6.45) is 0. The zero-order valence-electron chi connectivity index (χ0n) is 11.2. The average molecular weight is 255 g/mol. The van der Waals surface area contributed by atoms with Crippen molar-refractivity contribution in [3.63, 3.8) is 0 Å². The first-order valence-electron chi connectivity index (χ1n) is 6.15. The zero-order valence-corrected chi connectivity index (χ0v) is 11.2. The first-order chi connectivity index (χ1) is 8.76. The van der Waals surface area contributed by atoms with Crippen LogP contribution < -0.4 is 10.6 Å². The lowest BCUT2D eigenvalue weighted by Gasteiger charge is -2.10. The molecule has 0 saturated carbocycles. The minimum Gasteiger partial charge on any atom is -0.380 e. The Labute approximate surface area is 107 Å². The Balaban J connectivity index is 2.39. The second kappa shape index (κ2) is 8.46. The molecule has 1 rings (SSSR count). The van der Waals surface area contributed by atoms with Crippen LogP contribution in [0.5, 0.6) is 0 Å². The summed E-state index contributed by atoms with van der Waals surface area (Å²) in [6.45, 7) is 9.01. The molecule has 0 bridgehead atoms. The van der Waals surface area contributed by atoms with Gasteiger partial charge in [-0.2, -0.15) is 4.98 Å². The molecule has 0 aliphatic heterocycles. The van der Waals surface area contributed by atoms with Gasteiger partial charge in [-0.25, -0.2) is 4.99 Å². The Morgan fingerprint density at radius 2 is 2.22 bits per heavy atom. The van der Waals surface area contributed by atoms with Gasteiger partial charge in [0.2, 0.25) is 5.89 Å². The van der Waals surface area contributed by atoms with Crippen molar-refractivity contribution in [2.75, 3.05) is 26.3 Å². The number of aliphatic imine (C=N–C) groups is 1. The summed E-state index contributed by atoms with van der Waals surface area (Å²) < 4.78 is 10.1. The fourth-order valence-corrected chi connectivity index (χ4v) is 1.28. The van der Waals surface area contributed by atoms with Crippen LogP contribution in [-0.2, 0) is 11.3 Å². The monoisotopic (exact) mass is 255 g/mol. The predicted molar refractivity (Wildman–Crippen MR) is 68.3 cm³/mol. The van der Waals surface area contributed by atoms with E-state index in [4.69, 9.17) is 9.26 Å². The summed E-state index contributed by atoms with van der Waals surface area (Å²) in [5, 5.41) is 10.1. The summed E-state index contributed by atoms with van der Waals surface area (Å²) in [5.74, 6) is 1.85. The summed E-state index contributed by atoms with van der Waals surface area (Å²) in [4.78, 5) is 8.44. The number of hydrogen-bond donors (Lipinski definition) is 2. The molecule has 0 fully saturated rings. The van der Waals surface area contributed by atoms with Crippen molar-refractivity contribution in [3.05, 3.63) is 11.7 Å². The first kappa shape index (κ1) is 14.4. The van der Waals surface area contributed by atoms with Crippen LogP contribution in [-0.4, -0.2) is 42.4 Å². The van der Waals surface area contributed by atoms with E-state index in [1.807, 2.05) is 13.8 Å². The first-order valence-corrected chi connectivity index (χ1v) is 6.15. The molecule has 18 heavy (non-hydrogen) atoms. The van der Waals surface area contributed by atoms with Crippen LogP contribution >= 0.6 is 0 Å². The third-order valence-electron chi connectivity index (χ3n) is 2.04. The fraction of sp³-hybridized carbons (Fsp3) is 0.727. The van der Waals surface area contributed by atoms with Crippen LogP contribution in [0.1, 0.15) is 25.6 Å². The Kier molecular flexibility index (Phi) is 6.78. The Morgan fingerprint density at radius 1 is 1.39 bits per heavy atom. The molecule has 1 aromatic heterocycles. The van der Waals surface area contributed by atoms with Crippen LogP contribution in [0.3, 0.4) is 0 Å². The van der Waals surface area contributed by atoms with Gasteiger partial charge in [-0.05, 0) is 13.8 Å². The van der Waals surface area contributed by atoms with Crippen molar-refractivity contribution in [1.82, 2.24) is 20.8 Å². The van der Waals surface area contributed by atoms with E-state index in [9.17, 15) is 0 Å². The topological polar surface area (TPSA) is 84.6 Å². The van der Waals surface area contributed by atoms with Gasteiger partial charge in [0.05, 0.1) is 6.61 Å². The van der Waals surface area contributed by atoms with E-state index >= 15 is 0 Å². The van der Waals surface area contributed by atoms with E-state index in [0.29, 0.717) is 31.4 Å². The highest BCUT2D eigenvalue weighted by Gasteiger charge is 2.02. The zero-order chi connectivity index (χ0) is 13.2. The molecule has 0 aliphatic rings. The minimum absolute atomic E-state index is 0.390. The predicted octanol–water partition coefficient (Wildman–Crippen LogP) is 0.470. The molecule has 0 amide bonds. The maximum Gasteiger partial charge on any atom is 0.223 e. The maximum absolute atomic E-state index is 5.24. The molecule has 0 atom stereocenters. The minimum atomic E-state index is 0.390. The Bertz CT molecular complexity index is 364. The van der Waals surface area contributed by atoms with Gasteiger partial charge in [-0.15, -0.1) is 0 Å². The summed E-state index contributed by atoms with van der Waals surface area (Å²) in [6, 6.07) is 0. The Morgan fingerprint density at radius 3 is 2.83 bits per heavy atom. The van der Waals surface area contributed by atoms with Gasteiger partial charge in [0.1, 0.15) is 6.54 Å². The molecular weight excluding hydrogens is 234 g/mol. The van der Waals surface area contributed by atoms with Crippen LogP contribution in [0.15, 0.2) is 9.52 Å². The van der Waals surface area contributed by atoms with Crippen molar-refractivity contribution in [2.45, 2.75) is 27.3 Å². The molecule has 0 unspecified atom stereocenters. The molecule has 0 aliphatic carbocycles. The molecule has 0 spiro atoms. The van der Waals surface area contributed by atoms with Gasteiger partial charge in [0.25, 0.3) is 0 Å². The largest absolute Gasteiger partial charge is 0.380 e. The molecule has 7 heteroatoms. The maximum atomic E-state index is 5.24. The van der Waals surface area contributed by atoms with E-state index in [1.54, 1.807) is 6.92 Å². The summed E-state index contributed by atoms with van der Waals surface area (Å²) >= 11 is 0. The highest BCUT2D eigenvalue weighted by Crippen LogP contribution is 1.96. The molecule has 7 nitrogen and oxygen atoms in total. The molecule has 0 radical (unpaired) electrons. The third kappa shape index (κ3) is 5.62. The summed E-state index contributed by atoms with van der Waals surface area (Å²) in [7, 11) is 0. The molecule has 2 N–H and O–H groups in total. The molecule has 0 saturated heterocycles. The van der Waals surface area contributed by atoms with E-state index in [2.05, 4.69) is 25.8 Å². The number of nitrogens with zero attached hydrogens (tertiary/aromatic N) is 3. The number of aryl methyl sites for hydroxylation is 1. The van der Waals surface area contributed by atoms with Crippen molar-refractivity contribution in [1.29, 1.82) is 0 Å². The van der Waals surface area contributed by atoms with Crippen molar-refractivity contribution in [2.24, 2.45) is 4.99 Å². The van der Waals surface area contributed by atoms with Gasteiger partial charge in [-0.3, -0.25) is 0 Å². The van der Waals surface area contributed by atoms with E-state index in [0.717, 1.165) is 19.1 Å². The summed E-state index contributed by atoms with van der Waals surface area (Å²) in [5.41, 5.74) is 0. The average Bonchev–Trinajstić information content (AvgIpc) is 2.77. The van der Waals surface area contributed by atoms with Crippen LogP contribution in [0.2, 0.25) is 0 Å². The molecule has 1 aromatic rings. The van der Waals surface area contributed by atoms with Gasteiger partial charge >= 0.3 is 0 Å². The van der Waals surface area contributed by atoms with Crippen molar-refractivity contribution in [3.8, 4) is 0 Å². The van der Waals surface area contributed by atoms with Crippen molar-refractivity contribution < 1.29 is 9.26 Å². The number of rotatable bonds is 7. The number of ether oxygens (including phenoxy) is 1. The quantitative estimate of drug-likeness (QED) is 0.418. The number of hydrogen-bond acceptors (Lipinski definition) is 5. The number of nitrogens with one attached hydrogen (secondary N) is 2. The van der Waals surface area contributed by atoms with Gasteiger partial charge < -0.3 is 19.9 Å². The number of aromatic nitrogens is 2. The van der Waals surface area contributed by atoms with Gasteiger partial charge in [0, 0.05) is 26.6 Å². The van der Waals surface area contributed by atoms with Gasteiger partial charge in [0.15, 0.2) is 11.8 Å². The van der Waals surface area contributed by atoms with E-state index in [-0.39, 0.29) is 0 Å². The highest BCUT2D eigenvalue weighted by atomic mass is 16.5. The normalized spacial score (nSPS) is 11.6. The SMILES string of the molecule is CCNC(=NCc1noc(C)n1)NCCOCC. The molecule has 1 heterocycles.